The third kappa shape index (κ3) is 4.82. The molecule has 0 amide bonds. The number of unbranched alkanes of at least 4 members (excludes halogenated alkanes) is 1. The molecule has 1 aromatic heterocycles. The largest absolute Gasteiger partial charge is 0.500 e. The van der Waals surface area contributed by atoms with Gasteiger partial charge >= 0.3 is 0 Å². The van der Waals surface area contributed by atoms with Crippen LogP contribution in [0.1, 0.15) is 33.6 Å². The Morgan fingerprint density at radius 2 is 2.05 bits per heavy atom. The Kier molecular flexibility index (Phi) is 8.35. The maximum absolute atomic E-state index is 5.30. The van der Waals surface area contributed by atoms with Gasteiger partial charge in [0.15, 0.2) is 0 Å². The average molecular weight is 296 g/mol. The summed E-state index contributed by atoms with van der Waals surface area (Å²) in [4.78, 5) is 2.39. The smallest absolute Gasteiger partial charge is 0.109 e. The molecule has 0 bridgehead atoms. The minimum atomic E-state index is 0.674. The topological polar surface area (TPSA) is 17.4 Å². The van der Waals surface area contributed by atoms with Gasteiger partial charge in [0.05, 0.1) is 17.8 Å². The van der Waals surface area contributed by atoms with E-state index < -0.39 is 0 Å². The van der Waals surface area contributed by atoms with Crippen molar-refractivity contribution in [2.45, 2.75) is 45.2 Å². The van der Waals surface area contributed by atoms with Gasteiger partial charge in [-0.15, -0.1) is 11.8 Å². The van der Waals surface area contributed by atoms with Crippen LogP contribution in [0.2, 0.25) is 0 Å². The Bertz CT molecular complexity index is 386. The third-order valence-corrected chi connectivity index (χ3v) is 4.45. The summed E-state index contributed by atoms with van der Waals surface area (Å²) in [5, 5.41) is 1.34. The number of hydrogen-bond acceptors (Lipinski definition) is 3. The molecule has 0 aromatic carbocycles. The van der Waals surface area contributed by atoms with Crippen molar-refractivity contribution in [2.24, 2.45) is 0 Å². The fourth-order valence-electron chi connectivity index (χ4n) is 2.16. The zero-order chi connectivity index (χ0) is 14.8. The molecule has 3 nitrogen and oxygen atoms in total. The Balaban J connectivity index is 2.83. The van der Waals surface area contributed by atoms with Gasteiger partial charge < -0.3 is 14.2 Å². The molecule has 0 atom stereocenters. The molecule has 114 valence electrons. The predicted octanol–water partition coefficient (Wildman–Crippen LogP) is 4.39. The summed E-state index contributed by atoms with van der Waals surface area (Å²) < 4.78 is 7.68. The lowest BCUT2D eigenvalue weighted by Crippen LogP contribution is -2.25. The summed E-state index contributed by atoms with van der Waals surface area (Å²) in [5.74, 6) is 2.47. The predicted molar refractivity (Wildman–Crippen MR) is 89.8 cm³/mol. The number of ether oxygens (including phenoxy) is 1. The maximum Gasteiger partial charge on any atom is 0.109 e. The van der Waals surface area contributed by atoms with Gasteiger partial charge in [-0.2, -0.15) is 0 Å². The molecule has 1 rings (SSSR count). The number of hydrogen-bond donors (Lipinski definition) is 0. The number of thioether (sulfide) groups is 1. The van der Waals surface area contributed by atoms with E-state index in [0.717, 1.165) is 19.6 Å². The molecule has 0 fully saturated rings. The zero-order valence-electron chi connectivity index (χ0n) is 13.1. The van der Waals surface area contributed by atoms with Crippen LogP contribution in [-0.4, -0.2) is 30.0 Å². The molecule has 0 aliphatic carbocycles. The van der Waals surface area contributed by atoms with Gasteiger partial charge in [-0.25, -0.2) is 0 Å². The lowest BCUT2D eigenvalue weighted by Gasteiger charge is -2.24. The minimum Gasteiger partial charge on any atom is -0.500 e. The Morgan fingerprint density at radius 1 is 1.30 bits per heavy atom. The van der Waals surface area contributed by atoms with Gasteiger partial charge in [0.25, 0.3) is 0 Å². The van der Waals surface area contributed by atoms with Crippen molar-refractivity contribution < 1.29 is 4.74 Å². The molecule has 1 heterocycles. The van der Waals surface area contributed by atoms with E-state index in [1.165, 1.54) is 35.7 Å². The van der Waals surface area contributed by atoms with Crippen LogP contribution in [0.3, 0.4) is 0 Å². The number of rotatable bonds is 11. The van der Waals surface area contributed by atoms with Crippen molar-refractivity contribution in [3.63, 3.8) is 0 Å². The monoisotopic (exact) mass is 296 g/mol. The normalized spacial score (nSPS) is 10.6. The first kappa shape index (κ1) is 17.0. The van der Waals surface area contributed by atoms with E-state index in [2.05, 4.69) is 48.9 Å². The van der Waals surface area contributed by atoms with Crippen LogP contribution in [0.15, 0.2) is 30.0 Å². The average Bonchev–Trinajstić information content (AvgIpc) is 2.85. The van der Waals surface area contributed by atoms with Crippen molar-refractivity contribution in [1.82, 2.24) is 4.57 Å². The molecule has 0 N–H and O–H groups in total. The van der Waals surface area contributed by atoms with Crippen LogP contribution in [-0.2, 0) is 11.3 Å². The first-order valence-corrected chi connectivity index (χ1v) is 8.56. The van der Waals surface area contributed by atoms with Gasteiger partial charge in [-0.05, 0) is 38.2 Å². The van der Waals surface area contributed by atoms with E-state index in [1.807, 2.05) is 11.8 Å². The molecule has 0 unspecified atom stereocenters. The second-order valence-electron chi connectivity index (χ2n) is 4.59. The number of aromatic nitrogens is 1. The van der Waals surface area contributed by atoms with Gasteiger partial charge in [0.1, 0.15) is 12.4 Å². The van der Waals surface area contributed by atoms with E-state index in [1.54, 1.807) is 0 Å². The highest BCUT2D eigenvalue weighted by molar-refractivity contribution is 7.99. The van der Waals surface area contributed by atoms with Crippen LogP contribution in [0, 0.1) is 0 Å². The molecular formula is C16H28N2OS. The Hall–Kier alpha value is -1.03. The van der Waals surface area contributed by atoms with E-state index in [-0.39, 0.29) is 0 Å². The molecule has 0 aliphatic rings. The highest BCUT2D eigenvalue weighted by Gasteiger charge is 2.12. The van der Waals surface area contributed by atoms with Crippen LogP contribution in [0.25, 0.3) is 0 Å². The molecule has 0 saturated heterocycles. The van der Waals surface area contributed by atoms with E-state index in [9.17, 15) is 0 Å². The molecule has 0 spiro atoms. The molecule has 0 radical (unpaired) electrons. The number of anilines is 1. The number of nitrogens with zero attached hydrogens (tertiary/aromatic N) is 2. The van der Waals surface area contributed by atoms with Crippen molar-refractivity contribution in [3.8, 4) is 0 Å². The van der Waals surface area contributed by atoms with Crippen molar-refractivity contribution in [2.75, 3.05) is 30.3 Å². The third-order valence-electron chi connectivity index (χ3n) is 3.30. The summed E-state index contributed by atoms with van der Waals surface area (Å²) in [5.41, 5.74) is 0. The zero-order valence-corrected chi connectivity index (χ0v) is 13.9. The van der Waals surface area contributed by atoms with E-state index in [0.29, 0.717) is 6.61 Å². The minimum absolute atomic E-state index is 0.674. The summed E-state index contributed by atoms with van der Waals surface area (Å²) in [6, 6.07) is 4.47. The first-order valence-electron chi connectivity index (χ1n) is 7.58. The molecule has 0 aliphatic heterocycles. The molecule has 1 aromatic rings. The lowest BCUT2D eigenvalue weighted by atomic mass is 10.4. The molecule has 4 heteroatoms. The highest BCUT2D eigenvalue weighted by Crippen LogP contribution is 2.27. The summed E-state index contributed by atoms with van der Waals surface area (Å²) in [6.07, 6.45) is 4.03. The van der Waals surface area contributed by atoms with Crippen LogP contribution in [0.4, 0.5) is 5.82 Å². The van der Waals surface area contributed by atoms with Gasteiger partial charge in [0.2, 0.25) is 0 Å². The van der Waals surface area contributed by atoms with E-state index >= 15 is 0 Å². The molecular weight excluding hydrogens is 268 g/mol. The standard InChI is InChI=1S/C16H28N2OS/c1-5-9-14-20-16-11-10-15(17(6-2)7-3)18(16)12-13-19-8-4/h8,10-11H,4-7,9,12-14H2,1-3H3. The second-order valence-corrected chi connectivity index (χ2v) is 5.71. The second kappa shape index (κ2) is 9.81. The van der Waals surface area contributed by atoms with Gasteiger partial charge in [-0.1, -0.05) is 19.9 Å². The summed E-state index contributed by atoms with van der Waals surface area (Å²) in [6.45, 7) is 13.8. The maximum atomic E-state index is 5.30. The summed E-state index contributed by atoms with van der Waals surface area (Å²) >= 11 is 1.94. The van der Waals surface area contributed by atoms with Gasteiger partial charge in [0, 0.05) is 13.1 Å². The van der Waals surface area contributed by atoms with Crippen LogP contribution >= 0.6 is 11.8 Å². The Labute approximate surface area is 128 Å². The van der Waals surface area contributed by atoms with Crippen molar-refractivity contribution in [3.05, 3.63) is 25.0 Å². The highest BCUT2D eigenvalue weighted by atomic mass is 32.2. The van der Waals surface area contributed by atoms with Crippen LogP contribution < -0.4 is 4.90 Å². The van der Waals surface area contributed by atoms with Gasteiger partial charge in [-0.3, -0.25) is 0 Å². The van der Waals surface area contributed by atoms with Crippen LogP contribution in [0.5, 0.6) is 0 Å². The fraction of sp³-hybridized carbons (Fsp3) is 0.625. The quantitative estimate of drug-likeness (QED) is 0.343. The SMILES string of the molecule is C=COCCn1c(SCCCC)ccc1N(CC)CC. The van der Waals surface area contributed by atoms with Crippen molar-refractivity contribution in [1.29, 1.82) is 0 Å². The summed E-state index contributed by atoms with van der Waals surface area (Å²) in [7, 11) is 0. The van der Waals surface area contributed by atoms with Crippen molar-refractivity contribution >= 4 is 17.6 Å². The fourth-order valence-corrected chi connectivity index (χ4v) is 3.31. The molecule has 20 heavy (non-hydrogen) atoms. The molecule has 0 saturated carbocycles. The first-order chi connectivity index (χ1) is 9.78. The Morgan fingerprint density at radius 3 is 2.65 bits per heavy atom. The lowest BCUT2D eigenvalue weighted by molar-refractivity contribution is 0.234. The van der Waals surface area contributed by atoms with E-state index in [4.69, 9.17) is 4.74 Å².